The lowest BCUT2D eigenvalue weighted by atomic mass is 10.0. The lowest BCUT2D eigenvalue weighted by Gasteiger charge is -2.24. The summed E-state index contributed by atoms with van der Waals surface area (Å²) in [6, 6.07) is 12.1. The molecule has 2 atom stereocenters. The maximum absolute atomic E-state index is 13.0. The summed E-state index contributed by atoms with van der Waals surface area (Å²) in [4.78, 5) is 0. The first kappa shape index (κ1) is 14.5. The van der Waals surface area contributed by atoms with Gasteiger partial charge < -0.3 is 10.5 Å². The van der Waals surface area contributed by atoms with Crippen molar-refractivity contribution in [2.75, 3.05) is 0 Å². The van der Waals surface area contributed by atoms with E-state index in [-0.39, 0.29) is 18.0 Å². The fraction of sp³-hybridized carbons (Fsp3) is 0.294. The van der Waals surface area contributed by atoms with E-state index in [0.717, 1.165) is 16.9 Å². The number of aryl methyl sites for hydroxylation is 2. The minimum absolute atomic E-state index is 0.193. The third-order valence-corrected chi connectivity index (χ3v) is 3.26. The summed E-state index contributed by atoms with van der Waals surface area (Å²) >= 11 is 0. The van der Waals surface area contributed by atoms with Crippen molar-refractivity contribution in [3.63, 3.8) is 0 Å². The lowest BCUT2D eigenvalue weighted by molar-refractivity contribution is 0.179. The summed E-state index contributed by atoms with van der Waals surface area (Å²) in [7, 11) is 0. The van der Waals surface area contributed by atoms with Crippen LogP contribution in [-0.4, -0.2) is 6.04 Å². The van der Waals surface area contributed by atoms with Gasteiger partial charge in [0.05, 0.1) is 0 Å². The van der Waals surface area contributed by atoms with Crippen LogP contribution < -0.4 is 10.5 Å². The van der Waals surface area contributed by atoms with Crippen molar-refractivity contribution in [3.05, 3.63) is 65.0 Å². The van der Waals surface area contributed by atoms with Crippen LogP contribution in [0, 0.1) is 19.7 Å². The van der Waals surface area contributed by atoms with E-state index in [9.17, 15) is 4.39 Å². The summed E-state index contributed by atoms with van der Waals surface area (Å²) in [6.07, 6.45) is -0.294. The van der Waals surface area contributed by atoms with Crippen molar-refractivity contribution in [2.45, 2.75) is 32.9 Å². The van der Waals surface area contributed by atoms with E-state index in [4.69, 9.17) is 10.5 Å². The van der Waals surface area contributed by atoms with E-state index in [1.54, 1.807) is 12.1 Å². The molecule has 2 aromatic carbocycles. The molecular formula is C17H20FNO. The highest BCUT2D eigenvalue weighted by Crippen LogP contribution is 2.27. The molecule has 106 valence electrons. The number of halogens is 1. The average molecular weight is 273 g/mol. The highest BCUT2D eigenvalue weighted by atomic mass is 19.1. The molecule has 0 aliphatic rings. The predicted molar refractivity (Wildman–Crippen MR) is 79.3 cm³/mol. The molecule has 20 heavy (non-hydrogen) atoms. The molecule has 0 saturated carbocycles. The van der Waals surface area contributed by atoms with E-state index in [2.05, 4.69) is 6.07 Å². The number of ether oxygens (including phenoxy) is 1. The van der Waals surface area contributed by atoms with Crippen LogP contribution in [0.15, 0.2) is 42.5 Å². The van der Waals surface area contributed by atoms with E-state index in [1.165, 1.54) is 17.7 Å². The van der Waals surface area contributed by atoms with Gasteiger partial charge >= 0.3 is 0 Å². The fourth-order valence-electron chi connectivity index (χ4n) is 2.20. The molecule has 0 heterocycles. The minimum Gasteiger partial charge on any atom is -0.484 e. The first-order valence-electron chi connectivity index (χ1n) is 6.72. The Kier molecular flexibility index (Phi) is 4.40. The zero-order valence-electron chi connectivity index (χ0n) is 12.1. The Hall–Kier alpha value is -1.87. The van der Waals surface area contributed by atoms with Crippen LogP contribution in [0.4, 0.5) is 4.39 Å². The van der Waals surface area contributed by atoms with Crippen LogP contribution in [0.25, 0.3) is 0 Å². The van der Waals surface area contributed by atoms with Gasteiger partial charge in [-0.15, -0.1) is 0 Å². The van der Waals surface area contributed by atoms with Crippen molar-refractivity contribution in [1.29, 1.82) is 0 Å². The topological polar surface area (TPSA) is 35.2 Å². The van der Waals surface area contributed by atoms with Crippen LogP contribution in [0.2, 0.25) is 0 Å². The smallest absolute Gasteiger partial charge is 0.138 e. The molecule has 3 heteroatoms. The molecule has 0 aliphatic heterocycles. The molecule has 0 bridgehead atoms. The summed E-state index contributed by atoms with van der Waals surface area (Å²) in [5.74, 6) is 0.547. The number of nitrogens with two attached hydrogens (primary N) is 1. The minimum atomic E-state index is -0.294. The average Bonchev–Trinajstić information content (AvgIpc) is 2.39. The Bertz CT molecular complexity index is 578. The van der Waals surface area contributed by atoms with Gasteiger partial charge in [0.25, 0.3) is 0 Å². The van der Waals surface area contributed by atoms with Crippen LogP contribution in [0.5, 0.6) is 5.75 Å². The second-order valence-corrected chi connectivity index (χ2v) is 5.22. The van der Waals surface area contributed by atoms with Gasteiger partial charge in [0, 0.05) is 6.04 Å². The lowest BCUT2D eigenvalue weighted by Crippen LogP contribution is -2.29. The van der Waals surface area contributed by atoms with Crippen molar-refractivity contribution in [3.8, 4) is 5.75 Å². The third-order valence-electron chi connectivity index (χ3n) is 3.26. The summed E-state index contributed by atoms with van der Waals surface area (Å²) < 4.78 is 19.1. The van der Waals surface area contributed by atoms with E-state index in [0.29, 0.717) is 0 Å². The molecule has 0 amide bonds. The Morgan fingerprint density at radius 3 is 2.25 bits per heavy atom. The van der Waals surface area contributed by atoms with Crippen molar-refractivity contribution >= 4 is 0 Å². The molecule has 2 N–H and O–H groups in total. The predicted octanol–water partition coefficient (Wildman–Crippen LogP) is 3.91. The molecule has 2 rings (SSSR count). The molecule has 0 spiro atoms. The second kappa shape index (κ2) is 6.06. The first-order valence-corrected chi connectivity index (χ1v) is 6.72. The largest absolute Gasteiger partial charge is 0.484 e. The standard InChI is InChI=1S/C17H20FNO/c1-11-4-9-16(12(2)10-11)20-17(13(3)19)14-5-7-15(18)8-6-14/h4-10,13,17H,19H2,1-3H3. The molecule has 0 fully saturated rings. The van der Waals surface area contributed by atoms with Crippen LogP contribution in [0.1, 0.15) is 29.7 Å². The fourth-order valence-corrected chi connectivity index (χ4v) is 2.20. The molecule has 0 aromatic heterocycles. The van der Waals surface area contributed by atoms with Gasteiger partial charge in [-0.1, -0.05) is 29.8 Å². The van der Waals surface area contributed by atoms with Crippen molar-refractivity contribution in [1.82, 2.24) is 0 Å². The summed E-state index contributed by atoms with van der Waals surface area (Å²) in [5, 5.41) is 0. The van der Waals surface area contributed by atoms with E-state index < -0.39 is 0 Å². The molecule has 0 saturated heterocycles. The maximum atomic E-state index is 13.0. The SMILES string of the molecule is Cc1ccc(OC(c2ccc(F)cc2)C(C)N)c(C)c1. The second-order valence-electron chi connectivity index (χ2n) is 5.22. The Morgan fingerprint density at radius 1 is 1.05 bits per heavy atom. The number of benzene rings is 2. The summed E-state index contributed by atoms with van der Waals surface area (Å²) in [5.41, 5.74) is 9.15. The molecule has 0 radical (unpaired) electrons. The molecular weight excluding hydrogens is 253 g/mol. The van der Waals surface area contributed by atoms with Gasteiger partial charge in [-0.25, -0.2) is 4.39 Å². The van der Waals surface area contributed by atoms with Gasteiger partial charge in [-0.3, -0.25) is 0 Å². The van der Waals surface area contributed by atoms with Crippen molar-refractivity contribution < 1.29 is 9.13 Å². The zero-order valence-corrected chi connectivity index (χ0v) is 12.1. The number of hydrogen-bond acceptors (Lipinski definition) is 2. The van der Waals surface area contributed by atoms with E-state index >= 15 is 0 Å². The normalized spacial score (nSPS) is 13.8. The maximum Gasteiger partial charge on any atom is 0.138 e. The van der Waals surface area contributed by atoms with Crippen LogP contribution >= 0.6 is 0 Å². The highest BCUT2D eigenvalue weighted by molar-refractivity contribution is 5.36. The first-order chi connectivity index (χ1) is 9.47. The molecule has 0 aliphatic carbocycles. The van der Waals surface area contributed by atoms with Crippen LogP contribution in [0.3, 0.4) is 0 Å². The van der Waals surface area contributed by atoms with Gasteiger partial charge in [0.1, 0.15) is 17.7 Å². The number of hydrogen-bond donors (Lipinski definition) is 1. The van der Waals surface area contributed by atoms with Crippen molar-refractivity contribution in [2.24, 2.45) is 5.73 Å². The Labute approximate surface area is 119 Å². The monoisotopic (exact) mass is 273 g/mol. The quantitative estimate of drug-likeness (QED) is 0.916. The van der Waals surface area contributed by atoms with Crippen LogP contribution in [-0.2, 0) is 0 Å². The molecule has 2 aromatic rings. The molecule has 2 unspecified atom stereocenters. The third kappa shape index (κ3) is 3.36. The van der Waals surface area contributed by atoms with Gasteiger partial charge in [0.2, 0.25) is 0 Å². The molecule has 2 nitrogen and oxygen atoms in total. The highest BCUT2D eigenvalue weighted by Gasteiger charge is 2.19. The summed E-state index contributed by atoms with van der Waals surface area (Å²) in [6.45, 7) is 5.93. The number of rotatable bonds is 4. The van der Waals surface area contributed by atoms with Gasteiger partial charge in [-0.2, -0.15) is 0 Å². The van der Waals surface area contributed by atoms with Gasteiger partial charge in [-0.05, 0) is 50.1 Å². The Morgan fingerprint density at radius 2 is 1.70 bits per heavy atom. The Balaban J connectivity index is 2.28. The zero-order chi connectivity index (χ0) is 14.7. The van der Waals surface area contributed by atoms with Gasteiger partial charge in [0.15, 0.2) is 0 Å². The van der Waals surface area contributed by atoms with E-state index in [1.807, 2.05) is 32.9 Å².